The topological polar surface area (TPSA) is 117 Å². The number of benzene rings is 2. The number of alkyl carbamates (subject to hydrolysis) is 1. The molecule has 0 fully saturated rings. The summed E-state index contributed by atoms with van der Waals surface area (Å²) in [6.07, 6.45) is -0.659. The summed E-state index contributed by atoms with van der Waals surface area (Å²) < 4.78 is 24.1. The van der Waals surface area contributed by atoms with E-state index in [9.17, 15) is 19.3 Å². The van der Waals surface area contributed by atoms with Crippen molar-refractivity contribution in [2.45, 2.75) is 32.4 Å². The number of hydrogen-bond acceptors (Lipinski definition) is 6. The van der Waals surface area contributed by atoms with Gasteiger partial charge < -0.3 is 20.5 Å². The Morgan fingerprint density at radius 2 is 1.89 bits per heavy atom. The molecule has 8 nitrogen and oxygen atoms in total. The summed E-state index contributed by atoms with van der Waals surface area (Å²) >= 11 is 0. The molecule has 0 saturated heterocycles. The second-order valence-electron chi connectivity index (χ2n) is 7.04. The van der Waals surface area contributed by atoms with Crippen LogP contribution in [-0.2, 0) is 4.74 Å². The molecule has 1 amide bonds. The molecule has 2 aromatic rings. The minimum absolute atomic E-state index is 0.0257. The number of carbonyl (C=O) groups excluding carboxylic acids is 1. The second-order valence-corrected chi connectivity index (χ2v) is 7.04. The summed E-state index contributed by atoms with van der Waals surface area (Å²) in [5.74, 6) is -0.120. The maximum absolute atomic E-state index is 13.2. The molecule has 0 saturated carbocycles. The minimum atomic E-state index is -0.689. The van der Waals surface area contributed by atoms with Crippen LogP contribution in [0.5, 0.6) is 5.75 Å². The number of nitro benzene ring substituents is 1. The third-order valence-corrected chi connectivity index (χ3v) is 3.58. The highest BCUT2D eigenvalue weighted by molar-refractivity contribution is 5.68. The number of nitrogens with two attached hydrogens (primary N) is 1. The smallest absolute Gasteiger partial charge is 0.408 e. The molecule has 0 spiro atoms. The van der Waals surface area contributed by atoms with Crippen LogP contribution in [0.3, 0.4) is 0 Å². The fourth-order valence-corrected chi connectivity index (χ4v) is 2.33. The molecule has 0 aliphatic heterocycles. The zero-order chi connectivity index (χ0) is 20.9. The van der Waals surface area contributed by atoms with Crippen LogP contribution in [0.1, 0.15) is 32.4 Å². The maximum atomic E-state index is 13.2. The molecule has 0 bridgehead atoms. The molecule has 150 valence electrons. The predicted molar refractivity (Wildman–Crippen MR) is 102 cm³/mol. The van der Waals surface area contributed by atoms with Gasteiger partial charge in [-0.25, -0.2) is 9.18 Å². The van der Waals surface area contributed by atoms with Crippen molar-refractivity contribution in [1.82, 2.24) is 5.32 Å². The lowest BCUT2D eigenvalue weighted by molar-refractivity contribution is -0.383. The fourth-order valence-electron chi connectivity index (χ4n) is 2.33. The van der Waals surface area contributed by atoms with Gasteiger partial charge in [-0.3, -0.25) is 10.1 Å². The van der Waals surface area contributed by atoms with Crippen molar-refractivity contribution in [2.24, 2.45) is 0 Å². The molecule has 0 aliphatic carbocycles. The molecule has 3 N–H and O–H groups in total. The van der Waals surface area contributed by atoms with Crippen molar-refractivity contribution in [2.75, 3.05) is 12.3 Å². The summed E-state index contributed by atoms with van der Waals surface area (Å²) in [5.41, 5.74) is 5.30. The average molecular weight is 391 g/mol. The quantitative estimate of drug-likeness (QED) is 0.437. The van der Waals surface area contributed by atoms with Gasteiger partial charge >= 0.3 is 6.09 Å². The van der Waals surface area contributed by atoms with Crippen LogP contribution in [0, 0.1) is 15.9 Å². The first-order chi connectivity index (χ1) is 13.0. The SMILES string of the molecule is CC(C)(C)OC(=O)N[C@@H](COc1ccc([N+](=O)[O-])c(N)c1)c1ccc(F)cc1. The van der Waals surface area contributed by atoms with E-state index in [2.05, 4.69) is 5.32 Å². The lowest BCUT2D eigenvalue weighted by atomic mass is 10.1. The van der Waals surface area contributed by atoms with Gasteiger partial charge in [0.1, 0.15) is 29.5 Å². The normalized spacial score (nSPS) is 12.1. The van der Waals surface area contributed by atoms with Crippen LogP contribution in [0.4, 0.5) is 20.6 Å². The Balaban J connectivity index is 2.15. The third-order valence-electron chi connectivity index (χ3n) is 3.58. The zero-order valence-electron chi connectivity index (χ0n) is 15.8. The van der Waals surface area contributed by atoms with Crippen molar-refractivity contribution in [1.29, 1.82) is 0 Å². The van der Waals surface area contributed by atoms with Crippen LogP contribution < -0.4 is 15.8 Å². The Morgan fingerprint density at radius 1 is 1.25 bits per heavy atom. The van der Waals surface area contributed by atoms with E-state index in [1.54, 1.807) is 20.8 Å². The van der Waals surface area contributed by atoms with Gasteiger partial charge in [0.25, 0.3) is 5.69 Å². The van der Waals surface area contributed by atoms with E-state index in [4.69, 9.17) is 15.2 Å². The molecule has 0 aliphatic rings. The summed E-state index contributed by atoms with van der Waals surface area (Å²) in [6, 6.07) is 8.89. The molecular formula is C19H22FN3O5. The summed E-state index contributed by atoms with van der Waals surface area (Å²) in [6.45, 7) is 5.17. The maximum Gasteiger partial charge on any atom is 0.408 e. The van der Waals surface area contributed by atoms with Gasteiger partial charge in [0.05, 0.1) is 11.0 Å². The molecular weight excluding hydrogens is 369 g/mol. The summed E-state index contributed by atoms with van der Waals surface area (Å²) in [7, 11) is 0. The molecule has 9 heteroatoms. The van der Waals surface area contributed by atoms with E-state index in [1.807, 2.05) is 0 Å². The van der Waals surface area contributed by atoms with Crippen molar-refractivity contribution in [3.05, 3.63) is 64.0 Å². The number of rotatable bonds is 6. The van der Waals surface area contributed by atoms with Crippen LogP contribution in [0.15, 0.2) is 42.5 Å². The first-order valence-corrected chi connectivity index (χ1v) is 8.47. The van der Waals surface area contributed by atoms with Crippen molar-refractivity contribution in [3.63, 3.8) is 0 Å². The molecule has 0 aromatic heterocycles. The van der Waals surface area contributed by atoms with Gasteiger partial charge in [-0.1, -0.05) is 12.1 Å². The molecule has 2 aromatic carbocycles. The lowest BCUT2D eigenvalue weighted by Crippen LogP contribution is -2.37. The number of nitrogens with zero attached hydrogens (tertiary/aromatic N) is 1. The average Bonchev–Trinajstić information content (AvgIpc) is 2.57. The van der Waals surface area contributed by atoms with Crippen LogP contribution >= 0.6 is 0 Å². The first-order valence-electron chi connectivity index (χ1n) is 8.47. The third kappa shape index (κ3) is 6.11. The molecule has 0 heterocycles. The van der Waals surface area contributed by atoms with E-state index in [0.717, 1.165) is 0 Å². The second kappa shape index (κ2) is 8.55. The number of nitrogens with one attached hydrogen (secondary N) is 1. The fraction of sp³-hybridized carbons (Fsp3) is 0.316. The summed E-state index contributed by atoms with van der Waals surface area (Å²) in [4.78, 5) is 22.4. The van der Waals surface area contributed by atoms with E-state index >= 15 is 0 Å². The predicted octanol–water partition coefficient (Wildman–Crippen LogP) is 3.96. The summed E-state index contributed by atoms with van der Waals surface area (Å²) in [5, 5.41) is 13.5. The Hall–Kier alpha value is -3.36. The Morgan fingerprint density at radius 3 is 2.43 bits per heavy atom. The Bertz CT molecular complexity index is 850. The van der Waals surface area contributed by atoms with Gasteiger partial charge in [-0.15, -0.1) is 0 Å². The van der Waals surface area contributed by atoms with Crippen molar-refractivity contribution in [3.8, 4) is 5.75 Å². The van der Waals surface area contributed by atoms with Crippen molar-refractivity contribution >= 4 is 17.5 Å². The standard InChI is InChI=1S/C19H22FN3O5/c1-19(2,3)28-18(24)22-16(12-4-6-13(20)7-5-12)11-27-14-8-9-17(23(25)26)15(21)10-14/h4-10,16H,11,21H2,1-3H3,(H,22,24)/t16-/m0/s1. The highest BCUT2D eigenvalue weighted by Crippen LogP contribution is 2.27. The molecule has 28 heavy (non-hydrogen) atoms. The molecule has 1 atom stereocenters. The van der Waals surface area contributed by atoms with Gasteiger partial charge in [0.2, 0.25) is 0 Å². The number of nitro groups is 1. The number of halogens is 1. The van der Waals surface area contributed by atoms with Gasteiger partial charge in [-0.2, -0.15) is 0 Å². The van der Waals surface area contributed by atoms with Crippen LogP contribution in [0.25, 0.3) is 0 Å². The number of amides is 1. The Labute approximate surface area is 161 Å². The highest BCUT2D eigenvalue weighted by atomic mass is 19.1. The van der Waals surface area contributed by atoms with Crippen LogP contribution in [0.2, 0.25) is 0 Å². The largest absolute Gasteiger partial charge is 0.491 e. The van der Waals surface area contributed by atoms with E-state index in [-0.39, 0.29) is 18.0 Å². The highest BCUT2D eigenvalue weighted by Gasteiger charge is 2.21. The molecule has 0 unspecified atom stereocenters. The monoisotopic (exact) mass is 391 g/mol. The van der Waals surface area contributed by atoms with Crippen LogP contribution in [-0.4, -0.2) is 23.2 Å². The number of hydrogen-bond donors (Lipinski definition) is 2. The van der Waals surface area contributed by atoms with E-state index < -0.39 is 28.5 Å². The molecule has 0 radical (unpaired) electrons. The first kappa shape index (κ1) is 20.9. The number of anilines is 1. The lowest BCUT2D eigenvalue weighted by Gasteiger charge is -2.24. The molecule has 2 rings (SSSR count). The van der Waals surface area contributed by atoms with Gasteiger partial charge in [0, 0.05) is 12.1 Å². The number of nitrogen functional groups attached to an aromatic ring is 1. The zero-order valence-corrected chi connectivity index (χ0v) is 15.8. The Kier molecular flexibility index (Phi) is 6.40. The van der Waals surface area contributed by atoms with Gasteiger partial charge in [-0.05, 0) is 44.5 Å². The number of ether oxygens (including phenoxy) is 2. The van der Waals surface area contributed by atoms with E-state index in [0.29, 0.717) is 11.3 Å². The van der Waals surface area contributed by atoms with Gasteiger partial charge in [0.15, 0.2) is 0 Å². The van der Waals surface area contributed by atoms with Crippen molar-refractivity contribution < 1.29 is 23.6 Å². The van der Waals surface area contributed by atoms with E-state index in [1.165, 1.54) is 42.5 Å². The number of carbonyl (C=O) groups is 1. The minimum Gasteiger partial charge on any atom is -0.491 e.